The Morgan fingerprint density at radius 2 is 1.55 bits per heavy atom. The van der Waals surface area contributed by atoms with E-state index in [1.54, 1.807) is 55.6 Å². The number of methoxy groups -OCH3 is 1. The van der Waals surface area contributed by atoms with Gasteiger partial charge in [-0.15, -0.1) is 0 Å². The van der Waals surface area contributed by atoms with Crippen LogP contribution in [0.1, 0.15) is 40.5 Å². The van der Waals surface area contributed by atoms with Crippen LogP contribution in [-0.2, 0) is 9.53 Å². The summed E-state index contributed by atoms with van der Waals surface area (Å²) in [6, 6.07) is 13.9. The average molecular weight is 453 g/mol. The van der Waals surface area contributed by atoms with Crippen LogP contribution in [0.3, 0.4) is 0 Å². The second-order valence-corrected chi connectivity index (χ2v) is 8.28. The van der Waals surface area contributed by atoms with E-state index in [2.05, 4.69) is 22.9 Å². The maximum absolute atomic E-state index is 12.6. The van der Waals surface area contributed by atoms with Crippen molar-refractivity contribution in [1.29, 1.82) is 0 Å². The van der Waals surface area contributed by atoms with Gasteiger partial charge in [-0.05, 0) is 67.3 Å². The van der Waals surface area contributed by atoms with Crippen molar-refractivity contribution < 1.29 is 19.1 Å². The molecule has 2 aromatic rings. The number of rotatable bonds is 9. The molecule has 3 amide bonds. The van der Waals surface area contributed by atoms with E-state index >= 15 is 0 Å². The number of nitrogens with zero attached hydrogens (tertiary/aromatic N) is 1. The van der Waals surface area contributed by atoms with E-state index in [1.807, 2.05) is 4.90 Å². The summed E-state index contributed by atoms with van der Waals surface area (Å²) in [6.45, 7) is 4.78. The molecule has 0 radical (unpaired) electrons. The lowest BCUT2D eigenvalue weighted by atomic mass is 9.98. The predicted molar refractivity (Wildman–Crippen MR) is 129 cm³/mol. The molecule has 0 aliphatic carbocycles. The molecule has 0 atom stereocenters. The highest BCUT2D eigenvalue weighted by atomic mass is 16.5. The zero-order valence-corrected chi connectivity index (χ0v) is 19.2. The molecular weight excluding hydrogens is 420 g/mol. The van der Waals surface area contributed by atoms with Crippen LogP contribution in [0.4, 0.5) is 11.4 Å². The number of anilines is 2. The van der Waals surface area contributed by atoms with Crippen molar-refractivity contribution >= 4 is 29.1 Å². The Morgan fingerprint density at radius 1 is 0.939 bits per heavy atom. The maximum atomic E-state index is 12.6. The lowest BCUT2D eigenvalue weighted by Gasteiger charge is -2.30. The van der Waals surface area contributed by atoms with Crippen LogP contribution in [-0.4, -0.2) is 62.5 Å². The molecule has 3 rings (SSSR count). The number of hydrogen-bond acceptors (Lipinski definition) is 5. The smallest absolute Gasteiger partial charge is 0.253 e. The molecule has 176 valence electrons. The lowest BCUT2D eigenvalue weighted by Crippen LogP contribution is -2.37. The minimum Gasteiger partial charge on any atom is -0.383 e. The fourth-order valence-corrected chi connectivity index (χ4v) is 3.59. The van der Waals surface area contributed by atoms with Crippen LogP contribution in [0.5, 0.6) is 0 Å². The zero-order valence-electron chi connectivity index (χ0n) is 19.2. The minimum absolute atomic E-state index is 0.0391. The standard InChI is InChI=1S/C25H32N4O4/c1-18-11-14-29(15-12-18)25(32)20-5-9-22(10-6-20)28-23(30)17-27-21-7-3-19(4-8-21)24(31)26-13-16-33-2/h3-10,18,27H,11-17H2,1-2H3,(H,26,31)(H,28,30). The van der Waals surface area contributed by atoms with Gasteiger partial charge in [0.15, 0.2) is 0 Å². The Morgan fingerprint density at radius 3 is 2.18 bits per heavy atom. The van der Waals surface area contributed by atoms with Crippen molar-refractivity contribution in [1.82, 2.24) is 10.2 Å². The van der Waals surface area contributed by atoms with Crippen LogP contribution in [0.25, 0.3) is 0 Å². The third kappa shape index (κ3) is 7.32. The van der Waals surface area contributed by atoms with Crippen molar-refractivity contribution in [2.24, 2.45) is 5.92 Å². The summed E-state index contributed by atoms with van der Waals surface area (Å²) in [5.74, 6) is 0.328. The highest BCUT2D eigenvalue weighted by molar-refractivity contribution is 5.97. The number of carbonyl (C=O) groups excluding carboxylic acids is 3. The second kappa shape index (κ2) is 12.0. The Balaban J connectivity index is 1.44. The van der Waals surface area contributed by atoms with E-state index in [9.17, 15) is 14.4 Å². The Hall–Kier alpha value is -3.39. The topological polar surface area (TPSA) is 99.8 Å². The Bertz CT molecular complexity index is 936. The van der Waals surface area contributed by atoms with Gasteiger partial charge in [-0.1, -0.05) is 6.92 Å². The predicted octanol–water partition coefficient (Wildman–Crippen LogP) is 2.99. The number of ether oxygens (including phenoxy) is 1. The molecule has 0 spiro atoms. The van der Waals surface area contributed by atoms with Crippen molar-refractivity contribution in [3.63, 3.8) is 0 Å². The molecule has 1 saturated heterocycles. The van der Waals surface area contributed by atoms with Crippen LogP contribution in [0.2, 0.25) is 0 Å². The Kier molecular flexibility index (Phi) is 8.83. The molecule has 0 bridgehead atoms. The van der Waals surface area contributed by atoms with Gasteiger partial charge in [-0.2, -0.15) is 0 Å². The van der Waals surface area contributed by atoms with E-state index in [-0.39, 0.29) is 24.3 Å². The molecule has 8 heteroatoms. The average Bonchev–Trinajstić information content (AvgIpc) is 2.84. The van der Waals surface area contributed by atoms with Crippen LogP contribution < -0.4 is 16.0 Å². The molecule has 1 heterocycles. The van der Waals surface area contributed by atoms with Gasteiger partial charge in [0.1, 0.15) is 0 Å². The van der Waals surface area contributed by atoms with E-state index in [0.717, 1.165) is 31.6 Å². The SMILES string of the molecule is COCCNC(=O)c1ccc(NCC(=O)Nc2ccc(C(=O)N3CCC(C)CC3)cc2)cc1. The molecule has 1 aliphatic rings. The molecule has 8 nitrogen and oxygen atoms in total. The van der Waals surface area contributed by atoms with Crippen molar-refractivity contribution in [3.8, 4) is 0 Å². The van der Waals surface area contributed by atoms with Gasteiger partial charge in [0.05, 0.1) is 13.2 Å². The van der Waals surface area contributed by atoms with Crippen molar-refractivity contribution in [3.05, 3.63) is 59.7 Å². The molecule has 3 N–H and O–H groups in total. The summed E-state index contributed by atoms with van der Waals surface area (Å²) >= 11 is 0. The third-order valence-electron chi connectivity index (χ3n) is 5.68. The monoisotopic (exact) mass is 452 g/mol. The minimum atomic E-state index is -0.208. The molecule has 1 aliphatic heterocycles. The van der Waals surface area contributed by atoms with Gasteiger partial charge in [-0.3, -0.25) is 14.4 Å². The Labute approximate surface area is 194 Å². The molecule has 0 unspecified atom stereocenters. The number of amides is 3. The van der Waals surface area contributed by atoms with Gasteiger partial charge >= 0.3 is 0 Å². The number of hydrogen-bond donors (Lipinski definition) is 3. The van der Waals surface area contributed by atoms with E-state index in [0.29, 0.717) is 35.9 Å². The first-order valence-electron chi connectivity index (χ1n) is 11.3. The first kappa shape index (κ1) is 24.3. The largest absolute Gasteiger partial charge is 0.383 e. The molecule has 2 aromatic carbocycles. The van der Waals surface area contributed by atoms with E-state index < -0.39 is 0 Å². The molecule has 0 aromatic heterocycles. The highest BCUT2D eigenvalue weighted by Crippen LogP contribution is 2.19. The summed E-state index contributed by atoms with van der Waals surface area (Å²) in [5.41, 5.74) is 2.53. The quantitative estimate of drug-likeness (QED) is 0.508. The number of benzene rings is 2. The summed E-state index contributed by atoms with van der Waals surface area (Å²) in [4.78, 5) is 38.8. The van der Waals surface area contributed by atoms with Crippen LogP contribution in [0, 0.1) is 5.92 Å². The van der Waals surface area contributed by atoms with Gasteiger partial charge in [0.2, 0.25) is 5.91 Å². The van der Waals surface area contributed by atoms with Crippen molar-refractivity contribution in [2.75, 3.05) is 50.5 Å². The van der Waals surface area contributed by atoms with E-state index in [1.165, 1.54) is 0 Å². The van der Waals surface area contributed by atoms with Gasteiger partial charge < -0.3 is 25.6 Å². The van der Waals surface area contributed by atoms with Crippen LogP contribution in [0.15, 0.2) is 48.5 Å². The van der Waals surface area contributed by atoms with E-state index in [4.69, 9.17) is 4.74 Å². The summed E-state index contributed by atoms with van der Waals surface area (Å²) in [6.07, 6.45) is 2.08. The number of piperidine rings is 1. The number of nitrogens with one attached hydrogen (secondary N) is 3. The first-order chi connectivity index (χ1) is 16.0. The van der Waals surface area contributed by atoms with Crippen molar-refractivity contribution in [2.45, 2.75) is 19.8 Å². The van der Waals surface area contributed by atoms with Gasteiger partial charge in [-0.25, -0.2) is 0 Å². The summed E-state index contributed by atoms with van der Waals surface area (Å²) in [7, 11) is 1.58. The fourth-order valence-electron chi connectivity index (χ4n) is 3.59. The zero-order chi connectivity index (χ0) is 23.6. The lowest BCUT2D eigenvalue weighted by molar-refractivity contribution is -0.114. The maximum Gasteiger partial charge on any atom is 0.253 e. The molecule has 0 saturated carbocycles. The third-order valence-corrected chi connectivity index (χ3v) is 5.68. The summed E-state index contributed by atoms with van der Waals surface area (Å²) < 4.78 is 4.91. The number of carbonyl (C=O) groups is 3. The second-order valence-electron chi connectivity index (χ2n) is 8.28. The highest BCUT2D eigenvalue weighted by Gasteiger charge is 2.21. The molecular formula is C25H32N4O4. The molecule has 1 fully saturated rings. The molecule has 33 heavy (non-hydrogen) atoms. The van der Waals surface area contributed by atoms with Gasteiger partial charge in [0.25, 0.3) is 11.8 Å². The fraction of sp³-hybridized carbons (Fsp3) is 0.400. The van der Waals surface area contributed by atoms with Gasteiger partial charge in [0, 0.05) is 49.2 Å². The first-order valence-corrected chi connectivity index (χ1v) is 11.3. The van der Waals surface area contributed by atoms with Crippen LogP contribution >= 0.6 is 0 Å². The normalized spacial score (nSPS) is 13.9. The number of likely N-dealkylation sites (tertiary alicyclic amines) is 1. The summed E-state index contributed by atoms with van der Waals surface area (Å²) in [5, 5.41) is 8.61.